The number of amides is 14. The van der Waals surface area contributed by atoms with Crippen molar-refractivity contribution in [3.63, 3.8) is 0 Å². The van der Waals surface area contributed by atoms with Gasteiger partial charge in [-0.3, -0.25) is 81.5 Å². The van der Waals surface area contributed by atoms with Crippen LogP contribution in [0.25, 0.3) is 21.8 Å². The molecule has 1 fully saturated rings. The van der Waals surface area contributed by atoms with Gasteiger partial charge in [0.15, 0.2) is 5.78 Å². The Labute approximate surface area is 843 Å². The minimum atomic E-state index is -1.95. The van der Waals surface area contributed by atoms with E-state index < -0.39 is 199 Å². The molecule has 7 aromatic rings. The van der Waals surface area contributed by atoms with Gasteiger partial charge in [0.25, 0.3) is 0 Å². The SMILES string of the molecule is CC[C@@H]1CC(=O)[C@H]([C@@H](C)O)NC(=O)[C@@H](CC(=O)[C@H](C)N)CSCCC(=O)N2Cc3cc(cc(NC)c3)CN3Cc4cc(cc(NC)c4)CN(Cc4cc(cc(NC)c4)C2)C(=O)CCSC[C@H](NC1=O)C(=O)N[C@@H](Cc1c[nH]c2ccccc12)C(=O)N[C@@H](C(C)C)C(=O)N[C@@H](CC(=O)O)C(=O)NCC(=O)N[C@@H](Cc1c[nH]c2ccccc12)C(=O)N[C@@H](C(C)C)C(=O)N1CCC[C@H]1C(=O)N[C@H](C(N)=O)CSCCC3=O. The van der Waals surface area contributed by atoms with Gasteiger partial charge in [-0.25, -0.2) is 0 Å². The van der Waals surface area contributed by atoms with Gasteiger partial charge in [-0.2, -0.15) is 35.3 Å². The van der Waals surface area contributed by atoms with Crippen molar-refractivity contribution in [1.29, 1.82) is 0 Å². The van der Waals surface area contributed by atoms with Crippen LogP contribution in [0.2, 0.25) is 0 Å². The van der Waals surface area contributed by atoms with E-state index in [0.717, 1.165) is 11.8 Å². The second kappa shape index (κ2) is 52.3. The minimum Gasteiger partial charge on any atom is -0.481 e. The van der Waals surface area contributed by atoms with E-state index in [-0.39, 0.29) is 143 Å². The number of carbonyl (C=O) groups excluding carboxylic acids is 16. The predicted octanol–water partition coefficient (Wildman–Crippen LogP) is 4.10. The number of aliphatic hydroxyl groups excluding tert-OH is 1. The summed E-state index contributed by atoms with van der Waals surface area (Å²) in [5.41, 5.74) is 20.3. The molecular formula is C101H134N20O19S3. The molecule has 2 aromatic heterocycles. The Bertz CT molecular complexity index is 5810. The van der Waals surface area contributed by atoms with Crippen LogP contribution in [-0.4, -0.2) is 275 Å². The second-order valence-corrected chi connectivity index (χ2v) is 41.1. The van der Waals surface area contributed by atoms with Crippen LogP contribution in [0.1, 0.15) is 151 Å². The summed E-state index contributed by atoms with van der Waals surface area (Å²) in [6.45, 7) is 9.85. The lowest BCUT2D eigenvalue weighted by atomic mass is 9.92. The summed E-state index contributed by atoms with van der Waals surface area (Å²) < 4.78 is 0. The number of benzene rings is 5. The number of primary amides is 1. The molecule has 1 saturated heterocycles. The topological polar surface area (TPSA) is 572 Å². The number of hydrogen-bond acceptors (Lipinski definition) is 25. The van der Waals surface area contributed by atoms with Gasteiger partial charge in [-0.15, -0.1) is 0 Å². The number of carboxylic acids is 1. The number of hydrogen-bond donors (Lipinski definition) is 18. The Kier molecular flexibility index (Phi) is 40.3. The van der Waals surface area contributed by atoms with Gasteiger partial charge >= 0.3 is 5.97 Å². The zero-order chi connectivity index (χ0) is 104. The van der Waals surface area contributed by atoms with Gasteiger partial charge in [-0.1, -0.05) is 89.2 Å². The van der Waals surface area contributed by atoms with E-state index >= 15 is 38.4 Å². The number of nitrogens with two attached hydrogens (primary N) is 2. The molecule has 20 N–H and O–H groups in total. The molecule has 14 amide bonds. The van der Waals surface area contributed by atoms with E-state index in [1.807, 2.05) is 54.6 Å². The number of rotatable bonds is 17. The number of ketones is 2. The van der Waals surface area contributed by atoms with Crippen molar-refractivity contribution in [1.82, 2.24) is 77.4 Å². The molecule has 39 nitrogen and oxygen atoms in total. The fourth-order valence-corrected chi connectivity index (χ4v) is 20.9. The molecule has 4 aliphatic heterocycles. The van der Waals surface area contributed by atoms with E-state index in [4.69, 9.17) is 11.5 Å². The van der Waals surface area contributed by atoms with Crippen LogP contribution in [0.3, 0.4) is 0 Å². The highest BCUT2D eigenvalue weighted by Crippen LogP contribution is 2.31. The molecule has 143 heavy (non-hydrogen) atoms. The van der Waals surface area contributed by atoms with Gasteiger partial charge in [0.1, 0.15) is 60.2 Å². The molecule has 42 heteroatoms. The molecule has 4 aliphatic rings. The number of aliphatic carboxylic acids is 1. The Hall–Kier alpha value is -13.1. The Morgan fingerprint density at radius 3 is 1.37 bits per heavy atom. The number of anilines is 3. The number of aromatic amines is 2. The lowest BCUT2D eigenvalue weighted by Crippen LogP contribution is -2.61. The molecule has 13 atom stereocenters. The first-order valence-electron chi connectivity index (χ1n) is 48.4. The molecule has 11 rings (SSSR count). The summed E-state index contributed by atoms with van der Waals surface area (Å²) in [5.74, 6) is -18.3. The van der Waals surface area contributed by atoms with Crippen molar-refractivity contribution >= 4 is 174 Å². The van der Waals surface area contributed by atoms with E-state index in [0.29, 0.717) is 89.8 Å². The smallest absolute Gasteiger partial charge is 0.305 e. The molecule has 0 radical (unpaired) electrons. The van der Waals surface area contributed by atoms with Crippen molar-refractivity contribution in [2.24, 2.45) is 35.1 Å². The number of fused-ring (bicyclic) bond motifs is 12. The third kappa shape index (κ3) is 31.0. The highest BCUT2D eigenvalue weighted by molar-refractivity contribution is 7.99. The number of H-pyrrole nitrogens is 2. The molecule has 0 spiro atoms. The van der Waals surface area contributed by atoms with Crippen LogP contribution >= 0.6 is 35.3 Å². The fourth-order valence-electron chi connectivity index (χ4n) is 17.9. The van der Waals surface area contributed by atoms with Gasteiger partial charge in [0.05, 0.1) is 31.0 Å². The van der Waals surface area contributed by atoms with Gasteiger partial charge in [0.2, 0.25) is 82.7 Å². The zero-order valence-electron chi connectivity index (χ0n) is 82.3. The maximum atomic E-state index is 15.8. The van der Waals surface area contributed by atoms with Gasteiger partial charge in [-0.05, 0) is 138 Å². The van der Waals surface area contributed by atoms with Crippen molar-refractivity contribution in [2.75, 3.05) is 84.7 Å². The van der Waals surface area contributed by atoms with Crippen LogP contribution in [0.5, 0.6) is 0 Å². The van der Waals surface area contributed by atoms with E-state index in [1.54, 1.807) is 131 Å². The normalized spacial score (nSPS) is 23.4. The minimum absolute atomic E-state index is 0.00306. The third-order valence-electron chi connectivity index (χ3n) is 25.9. The van der Waals surface area contributed by atoms with E-state index in [1.165, 1.54) is 42.3 Å². The highest BCUT2D eigenvalue weighted by Gasteiger charge is 2.43. The second-order valence-electron chi connectivity index (χ2n) is 37.6. The Morgan fingerprint density at radius 2 is 0.923 bits per heavy atom. The number of aliphatic hydroxyl groups is 1. The fraction of sp³-hybridized carbons (Fsp3) is 0.495. The summed E-state index contributed by atoms with van der Waals surface area (Å²) in [6.07, 6.45) is -0.925. The summed E-state index contributed by atoms with van der Waals surface area (Å²) in [7, 11) is 5.21. The highest BCUT2D eigenvalue weighted by atomic mass is 32.2. The average Bonchev–Trinajstić information content (AvgIpc) is 0.887. The first-order chi connectivity index (χ1) is 68.3. The lowest BCUT2D eigenvalue weighted by molar-refractivity contribution is -0.143. The standard InChI is InChI=1S/C101H134N20O19S3/c1-11-65-40-83(124)91(58(7)122)117-94(133)68(41-82(123)57(6)102)52-141-26-22-85(126)118-46-59-29-61(34-69(32-59)104-8)48-119-49-62-31-64(37-71(35-62)106-10)51-120(50-63-30-60(47-118)33-70(36-63)105-9)87(128)24-28-143-54-80(114-93(65)132)98(137)111-77(39-67-44-108-75-20-15-13-18-73(67)75)97(136)115-89(55(2)3)100(139)112-78(42-88(129)130)95(134)109-45-84(125)110-76(38-66-43-107-74-19-14-12-17-72(66)74)96(135)116-90(56(4)5)101(140)121-25-16-21-81(121)99(138)113-79(92(103)131)53-142-27-23-86(119)127/h12-15,17-20,29-37,43-44,55-58,65,68,76-81,89-91,104-108,122H,11,16,21-28,38-42,45-54,102H2,1-10H3,(H2,103,131)(H,109,134)(H,110,125)(H,111,137)(H,112,139)(H,113,138)(H,114,132)(H,115,136)(H,116,135)(H,117,133)(H,129,130)/t57-,58+,65+,68-,76-,77-,78-,79-,80-,81-,89-,90-,91-/m0/s1. The Balaban J connectivity index is 1.02. The number of carbonyl (C=O) groups is 17. The maximum Gasteiger partial charge on any atom is 0.305 e. The summed E-state index contributed by atoms with van der Waals surface area (Å²) in [4.78, 5) is 263. The first kappa shape index (κ1) is 110. The zero-order valence-corrected chi connectivity index (χ0v) is 84.8. The predicted molar refractivity (Wildman–Crippen MR) is 547 cm³/mol. The molecule has 10 bridgehead atoms. The van der Waals surface area contributed by atoms with E-state index in [9.17, 15) is 53.4 Å². The average molecular weight is 2030 g/mol. The number of nitrogens with one attached hydrogen (secondary N) is 14. The van der Waals surface area contributed by atoms with Crippen LogP contribution in [0, 0.1) is 23.7 Å². The molecule has 770 valence electrons. The number of nitrogens with zero attached hydrogens (tertiary/aromatic N) is 4. The summed E-state index contributed by atoms with van der Waals surface area (Å²) >= 11 is 3.44. The monoisotopic (exact) mass is 2030 g/mol. The van der Waals surface area contributed by atoms with E-state index in [2.05, 4.69) is 73.8 Å². The number of Topliss-reactive ketones (excluding diaryl/α,β-unsaturated/α-hetero) is 2. The van der Waals surface area contributed by atoms with Crippen molar-refractivity contribution < 1.29 is 91.7 Å². The largest absolute Gasteiger partial charge is 0.481 e. The molecule has 0 unspecified atom stereocenters. The molecule has 6 heterocycles. The van der Waals surface area contributed by atoms with Crippen LogP contribution in [0.15, 0.2) is 116 Å². The molecule has 0 aliphatic carbocycles. The van der Waals surface area contributed by atoms with Crippen molar-refractivity contribution in [2.45, 2.75) is 225 Å². The maximum absolute atomic E-state index is 15.8. The van der Waals surface area contributed by atoms with Gasteiger partial charge in [0, 0.05) is 204 Å². The summed E-state index contributed by atoms with van der Waals surface area (Å²) in [5, 5.41) is 56.9. The van der Waals surface area contributed by atoms with Gasteiger partial charge < -0.3 is 115 Å². The third-order valence-corrected chi connectivity index (χ3v) is 29.1. The molecule has 0 saturated carbocycles. The van der Waals surface area contributed by atoms with Crippen molar-refractivity contribution in [3.05, 3.63) is 160 Å². The number of aromatic nitrogens is 2. The molecule has 5 aromatic carbocycles. The van der Waals surface area contributed by atoms with Crippen LogP contribution in [0.4, 0.5) is 17.1 Å². The van der Waals surface area contributed by atoms with Crippen LogP contribution < -0.4 is 75.3 Å². The number of thioether (sulfide) groups is 3. The number of carboxylic acid groups (broad SMARTS) is 1. The molecular weight excluding hydrogens is 1890 g/mol. The summed E-state index contributed by atoms with van der Waals surface area (Å²) in [6, 6.07) is 16.4. The Morgan fingerprint density at radius 1 is 0.483 bits per heavy atom. The van der Waals surface area contributed by atoms with Crippen molar-refractivity contribution in [3.8, 4) is 0 Å². The lowest BCUT2D eigenvalue weighted by Gasteiger charge is -2.32. The van der Waals surface area contributed by atoms with Crippen LogP contribution in [-0.2, 0) is 134 Å². The number of para-hydroxylation sites is 2. The quantitative estimate of drug-likeness (QED) is 0.0610. The first-order valence-corrected chi connectivity index (χ1v) is 51.8.